The van der Waals surface area contributed by atoms with E-state index in [1.807, 2.05) is 6.92 Å². The molecule has 1 N–H and O–H groups in total. The van der Waals surface area contributed by atoms with Crippen molar-refractivity contribution in [3.8, 4) is 0 Å². The van der Waals surface area contributed by atoms with Gasteiger partial charge in [0.05, 0.1) is 12.4 Å². The molecule has 1 aliphatic rings. The van der Waals surface area contributed by atoms with Gasteiger partial charge in [0.2, 0.25) is 10.0 Å². The first-order valence-electron chi connectivity index (χ1n) is 5.19. The molecule has 0 heterocycles. The molecule has 0 saturated heterocycles. The molecule has 90 valence electrons. The van der Waals surface area contributed by atoms with E-state index >= 15 is 0 Å². The van der Waals surface area contributed by atoms with Crippen LogP contribution in [0.25, 0.3) is 0 Å². The average Bonchev–Trinajstić information content (AvgIpc) is 2.12. The normalized spacial score (nSPS) is 19.9. The monoisotopic (exact) mass is 299 g/mol. The Morgan fingerprint density at radius 3 is 2.53 bits per heavy atom. The smallest absolute Gasteiger partial charge is 0.214 e. The van der Waals surface area contributed by atoms with Crippen molar-refractivity contribution in [3.05, 3.63) is 0 Å². The lowest BCUT2D eigenvalue weighted by Crippen LogP contribution is -2.55. The van der Waals surface area contributed by atoms with Gasteiger partial charge in [-0.15, -0.1) is 0 Å². The lowest BCUT2D eigenvalue weighted by atomic mass is 9.80. The second kappa shape index (κ2) is 5.61. The maximum absolute atomic E-state index is 11.7. The summed E-state index contributed by atoms with van der Waals surface area (Å²) in [5.74, 6) is 0.0512. The van der Waals surface area contributed by atoms with Crippen LogP contribution < -0.4 is 4.72 Å². The molecule has 0 spiro atoms. The Morgan fingerprint density at radius 1 is 1.47 bits per heavy atom. The van der Waals surface area contributed by atoms with E-state index in [1.54, 1.807) is 0 Å². The molecule has 0 bridgehead atoms. The van der Waals surface area contributed by atoms with Gasteiger partial charge in [0, 0.05) is 17.5 Å². The Bertz CT molecular complexity index is 282. The van der Waals surface area contributed by atoms with Crippen LogP contribution in [0.5, 0.6) is 0 Å². The minimum Gasteiger partial charge on any atom is -0.381 e. The Hall–Kier alpha value is 0.350. The number of halogens is 1. The van der Waals surface area contributed by atoms with Gasteiger partial charge in [0.25, 0.3) is 0 Å². The summed E-state index contributed by atoms with van der Waals surface area (Å²) < 4.78 is 31.1. The van der Waals surface area contributed by atoms with Crippen LogP contribution in [0.1, 0.15) is 26.2 Å². The summed E-state index contributed by atoms with van der Waals surface area (Å²) in [7, 11) is -3.19. The summed E-state index contributed by atoms with van der Waals surface area (Å²) in [6.45, 7) is 2.68. The van der Waals surface area contributed by atoms with Crippen LogP contribution in [-0.4, -0.2) is 38.3 Å². The zero-order valence-corrected chi connectivity index (χ0v) is 11.4. The Kier molecular flexibility index (Phi) is 5.02. The average molecular weight is 300 g/mol. The van der Waals surface area contributed by atoms with E-state index in [9.17, 15) is 8.42 Å². The third kappa shape index (κ3) is 4.01. The molecular formula is C9H18BrNO3S. The molecule has 1 fully saturated rings. The fourth-order valence-electron chi connectivity index (χ4n) is 1.56. The van der Waals surface area contributed by atoms with E-state index < -0.39 is 10.0 Å². The first kappa shape index (κ1) is 13.4. The van der Waals surface area contributed by atoms with E-state index in [4.69, 9.17) is 4.74 Å². The second-order valence-electron chi connectivity index (χ2n) is 3.89. The zero-order valence-electron chi connectivity index (χ0n) is 8.96. The molecule has 15 heavy (non-hydrogen) atoms. The molecule has 0 aliphatic heterocycles. The molecule has 0 aromatic heterocycles. The van der Waals surface area contributed by atoms with Gasteiger partial charge < -0.3 is 4.74 Å². The van der Waals surface area contributed by atoms with E-state index in [-0.39, 0.29) is 17.9 Å². The molecule has 0 atom stereocenters. The molecule has 0 aromatic rings. The lowest BCUT2D eigenvalue weighted by Gasteiger charge is -2.40. The maximum atomic E-state index is 11.7. The van der Waals surface area contributed by atoms with E-state index in [0.717, 1.165) is 19.3 Å². The van der Waals surface area contributed by atoms with Gasteiger partial charge in [-0.3, -0.25) is 0 Å². The fraction of sp³-hybridized carbons (Fsp3) is 1.00. The van der Waals surface area contributed by atoms with Gasteiger partial charge in [-0.05, 0) is 26.2 Å². The number of rotatable bonds is 7. The minimum absolute atomic E-state index is 0.0512. The van der Waals surface area contributed by atoms with Gasteiger partial charge in [-0.1, -0.05) is 15.9 Å². The third-order valence-corrected chi connectivity index (χ3v) is 5.16. The quantitative estimate of drug-likeness (QED) is 0.569. The summed E-state index contributed by atoms with van der Waals surface area (Å²) >= 11 is 3.36. The van der Waals surface area contributed by atoms with Gasteiger partial charge in [0.1, 0.15) is 0 Å². The van der Waals surface area contributed by atoms with Gasteiger partial charge in [-0.2, -0.15) is 0 Å². The van der Waals surface area contributed by atoms with Crippen LogP contribution in [0.15, 0.2) is 0 Å². The highest BCUT2D eigenvalue weighted by Gasteiger charge is 2.39. The predicted octanol–water partition coefficient (Wildman–Crippen LogP) is 1.26. The van der Waals surface area contributed by atoms with Crippen molar-refractivity contribution in [1.29, 1.82) is 0 Å². The highest BCUT2D eigenvalue weighted by atomic mass is 79.9. The SMILES string of the molecule is CCOCCS(=O)(=O)NC1(CBr)CCC1. The van der Waals surface area contributed by atoms with Crippen molar-refractivity contribution in [2.24, 2.45) is 0 Å². The molecule has 1 aliphatic carbocycles. The lowest BCUT2D eigenvalue weighted by molar-refractivity contribution is 0.162. The number of hydrogen-bond acceptors (Lipinski definition) is 3. The minimum atomic E-state index is -3.19. The van der Waals surface area contributed by atoms with E-state index in [1.165, 1.54) is 0 Å². The summed E-state index contributed by atoms with van der Waals surface area (Å²) in [5.41, 5.74) is -0.231. The van der Waals surface area contributed by atoms with Crippen molar-refractivity contribution in [2.75, 3.05) is 24.3 Å². The van der Waals surface area contributed by atoms with Crippen LogP contribution >= 0.6 is 15.9 Å². The molecule has 6 heteroatoms. The molecule has 0 amide bonds. The summed E-state index contributed by atoms with van der Waals surface area (Å²) in [6.07, 6.45) is 2.94. The Labute approximate surface area is 99.9 Å². The van der Waals surface area contributed by atoms with Crippen LogP contribution in [0, 0.1) is 0 Å². The molecule has 0 unspecified atom stereocenters. The first-order chi connectivity index (χ1) is 7.04. The fourth-order valence-corrected chi connectivity index (χ4v) is 3.82. The predicted molar refractivity (Wildman–Crippen MR) is 63.8 cm³/mol. The zero-order chi connectivity index (χ0) is 11.4. The van der Waals surface area contributed by atoms with Crippen LogP contribution in [0.3, 0.4) is 0 Å². The topological polar surface area (TPSA) is 55.4 Å². The standard InChI is InChI=1S/C9H18BrNO3S/c1-2-14-6-7-15(12,13)11-9(8-10)4-3-5-9/h11H,2-8H2,1H3. The van der Waals surface area contributed by atoms with Crippen molar-refractivity contribution in [3.63, 3.8) is 0 Å². The first-order valence-corrected chi connectivity index (χ1v) is 7.96. The molecular weight excluding hydrogens is 282 g/mol. The summed E-state index contributed by atoms with van der Waals surface area (Å²) in [6, 6.07) is 0. The van der Waals surface area contributed by atoms with E-state index in [2.05, 4.69) is 20.7 Å². The van der Waals surface area contributed by atoms with Gasteiger partial charge in [-0.25, -0.2) is 13.1 Å². The summed E-state index contributed by atoms with van der Waals surface area (Å²) in [5, 5.41) is 0.688. The van der Waals surface area contributed by atoms with Gasteiger partial charge >= 0.3 is 0 Å². The Balaban J connectivity index is 2.41. The number of hydrogen-bond donors (Lipinski definition) is 1. The largest absolute Gasteiger partial charge is 0.381 e. The molecule has 4 nitrogen and oxygen atoms in total. The Morgan fingerprint density at radius 2 is 2.13 bits per heavy atom. The van der Waals surface area contributed by atoms with Crippen molar-refractivity contribution in [1.82, 2.24) is 4.72 Å². The second-order valence-corrected chi connectivity index (χ2v) is 6.29. The van der Waals surface area contributed by atoms with Gasteiger partial charge in [0.15, 0.2) is 0 Å². The highest BCUT2D eigenvalue weighted by Crippen LogP contribution is 2.34. The van der Waals surface area contributed by atoms with Crippen LogP contribution in [0.4, 0.5) is 0 Å². The highest BCUT2D eigenvalue weighted by molar-refractivity contribution is 9.09. The van der Waals surface area contributed by atoms with E-state index in [0.29, 0.717) is 11.9 Å². The number of sulfonamides is 1. The molecule has 1 rings (SSSR count). The molecule has 0 aromatic carbocycles. The molecule has 0 radical (unpaired) electrons. The number of alkyl halides is 1. The number of ether oxygens (including phenoxy) is 1. The molecule has 1 saturated carbocycles. The van der Waals surface area contributed by atoms with Crippen molar-refractivity contribution >= 4 is 26.0 Å². The van der Waals surface area contributed by atoms with Crippen LogP contribution in [-0.2, 0) is 14.8 Å². The van der Waals surface area contributed by atoms with Crippen molar-refractivity contribution < 1.29 is 13.2 Å². The maximum Gasteiger partial charge on any atom is 0.214 e. The summed E-state index contributed by atoms with van der Waals surface area (Å²) in [4.78, 5) is 0. The number of nitrogens with one attached hydrogen (secondary N) is 1. The third-order valence-electron chi connectivity index (χ3n) is 2.64. The van der Waals surface area contributed by atoms with Crippen molar-refractivity contribution in [2.45, 2.75) is 31.7 Å². The van der Waals surface area contributed by atoms with Crippen LogP contribution in [0.2, 0.25) is 0 Å².